The van der Waals surface area contributed by atoms with Crippen LogP contribution < -0.4 is 16.2 Å². The van der Waals surface area contributed by atoms with Crippen LogP contribution in [-0.4, -0.2) is 36.7 Å². The smallest absolute Gasteiger partial charge is 0.223 e. The standard InChI is InChI=1S/C19H20N8O/c1-28-14-4-2-3-13-16(14)24-19(21)27-18(13)25-17(26-27)11-5-10(6-11)12-8-22-15(7-20)23-9-12/h2-4,8-11H,5-7,20H2,1H3,(H2,21,24). The Bertz CT molecular complexity index is 1160. The Morgan fingerprint density at radius 3 is 2.64 bits per heavy atom. The van der Waals surface area contributed by atoms with E-state index in [0.29, 0.717) is 41.1 Å². The van der Waals surface area contributed by atoms with Gasteiger partial charge < -0.3 is 16.2 Å². The molecule has 1 aliphatic carbocycles. The number of nitrogen functional groups attached to an aromatic ring is 1. The summed E-state index contributed by atoms with van der Waals surface area (Å²) in [5.74, 6) is 3.11. The summed E-state index contributed by atoms with van der Waals surface area (Å²) in [5, 5.41) is 5.49. The van der Waals surface area contributed by atoms with Crippen molar-refractivity contribution in [1.82, 2.24) is 29.5 Å². The monoisotopic (exact) mass is 376 g/mol. The Labute approximate surface area is 160 Å². The van der Waals surface area contributed by atoms with Crippen molar-refractivity contribution in [2.45, 2.75) is 31.2 Å². The van der Waals surface area contributed by atoms with Gasteiger partial charge in [0.05, 0.1) is 13.7 Å². The average Bonchev–Trinajstić information content (AvgIpc) is 3.13. The SMILES string of the molecule is COc1cccc2c1nc(N)n1nc(C3CC(c4cnc(CN)nc4)C3)nc21. The summed E-state index contributed by atoms with van der Waals surface area (Å²) >= 11 is 0. The first-order chi connectivity index (χ1) is 13.7. The third kappa shape index (κ3) is 2.55. The van der Waals surface area contributed by atoms with E-state index in [0.717, 1.165) is 29.6 Å². The van der Waals surface area contributed by atoms with Gasteiger partial charge in [0, 0.05) is 23.7 Å². The molecule has 3 aromatic heterocycles. The number of nitrogens with two attached hydrogens (primary N) is 2. The summed E-state index contributed by atoms with van der Waals surface area (Å²) in [6.45, 7) is 0.354. The molecule has 4 N–H and O–H groups in total. The third-order valence-corrected chi connectivity index (χ3v) is 5.41. The maximum Gasteiger partial charge on any atom is 0.223 e. The molecule has 1 saturated carbocycles. The van der Waals surface area contributed by atoms with Gasteiger partial charge in [-0.3, -0.25) is 0 Å². The first-order valence-electron chi connectivity index (χ1n) is 9.17. The topological polar surface area (TPSA) is 130 Å². The van der Waals surface area contributed by atoms with Gasteiger partial charge in [-0.1, -0.05) is 6.07 Å². The average molecular weight is 376 g/mol. The molecule has 28 heavy (non-hydrogen) atoms. The van der Waals surface area contributed by atoms with Crippen LogP contribution in [0.25, 0.3) is 16.6 Å². The summed E-state index contributed by atoms with van der Waals surface area (Å²) in [6, 6.07) is 5.73. The van der Waals surface area contributed by atoms with Crippen LogP contribution in [0.1, 0.15) is 41.9 Å². The van der Waals surface area contributed by atoms with Crippen molar-refractivity contribution in [3.05, 3.63) is 47.8 Å². The number of ether oxygens (including phenoxy) is 1. The third-order valence-electron chi connectivity index (χ3n) is 5.41. The van der Waals surface area contributed by atoms with Crippen molar-refractivity contribution in [2.75, 3.05) is 12.8 Å². The zero-order valence-electron chi connectivity index (χ0n) is 15.4. The largest absolute Gasteiger partial charge is 0.494 e. The highest BCUT2D eigenvalue weighted by molar-refractivity contribution is 5.95. The number of hydrogen-bond donors (Lipinski definition) is 2. The number of anilines is 1. The first kappa shape index (κ1) is 16.8. The van der Waals surface area contributed by atoms with Gasteiger partial charge in [0.15, 0.2) is 11.5 Å². The quantitative estimate of drug-likeness (QED) is 0.551. The van der Waals surface area contributed by atoms with Gasteiger partial charge in [-0.15, -0.1) is 5.10 Å². The lowest BCUT2D eigenvalue weighted by Gasteiger charge is -2.33. The maximum absolute atomic E-state index is 6.13. The highest BCUT2D eigenvalue weighted by Gasteiger charge is 2.35. The molecule has 9 heteroatoms. The van der Waals surface area contributed by atoms with E-state index in [1.807, 2.05) is 30.6 Å². The second-order valence-corrected chi connectivity index (χ2v) is 7.03. The van der Waals surface area contributed by atoms with E-state index in [9.17, 15) is 0 Å². The van der Waals surface area contributed by atoms with Gasteiger partial charge in [-0.05, 0) is 36.5 Å². The molecule has 5 rings (SSSR count). The van der Waals surface area contributed by atoms with Gasteiger partial charge in [-0.25, -0.2) is 19.9 Å². The lowest BCUT2D eigenvalue weighted by atomic mass is 9.72. The molecule has 0 atom stereocenters. The molecule has 9 nitrogen and oxygen atoms in total. The van der Waals surface area contributed by atoms with Crippen LogP contribution in [0.4, 0.5) is 5.95 Å². The molecule has 1 aromatic carbocycles. The van der Waals surface area contributed by atoms with Gasteiger partial charge in [-0.2, -0.15) is 4.52 Å². The Morgan fingerprint density at radius 2 is 1.93 bits per heavy atom. The molecule has 0 saturated heterocycles. The normalized spacial score (nSPS) is 19.1. The van der Waals surface area contributed by atoms with Crippen LogP contribution in [0.15, 0.2) is 30.6 Å². The van der Waals surface area contributed by atoms with Crippen LogP contribution >= 0.6 is 0 Å². The Hall–Kier alpha value is -3.33. The number of rotatable bonds is 4. The zero-order chi connectivity index (χ0) is 19.3. The van der Waals surface area contributed by atoms with Crippen LogP contribution in [0, 0.1) is 0 Å². The molecule has 0 radical (unpaired) electrons. The maximum atomic E-state index is 6.13. The second-order valence-electron chi connectivity index (χ2n) is 7.03. The lowest BCUT2D eigenvalue weighted by molar-refractivity contribution is 0.336. The molecule has 0 aliphatic heterocycles. The van der Waals surface area contributed by atoms with Crippen molar-refractivity contribution in [3.8, 4) is 5.75 Å². The Balaban J connectivity index is 1.46. The van der Waals surface area contributed by atoms with Crippen molar-refractivity contribution in [1.29, 1.82) is 0 Å². The molecular weight excluding hydrogens is 356 g/mol. The number of fused-ring (bicyclic) bond motifs is 3. The van der Waals surface area contributed by atoms with Crippen molar-refractivity contribution < 1.29 is 4.74 Å². The Morgan fingerprint density at radius 1 is 1.14 bits per heavy atom. The van der Waals surface area contributed by atoms with E-state index >= 15 is 0 Å². The molecule has 1 aliphatic rings. The first-order valence-corrected chi connectivity index (χ1v) is 9.17. The Kier molecular flexibility index (Phi) is 3.83. The van der Waals surface area contributed by atoms with Gasteiger partial charge in [0.2, 0.25) is 5.95 Å². The predicted octanol–water partition coefficient (Wildman–Crippen LogP) is 1.78. The number of methoxy groups -OCH3 is 1. The van der Waals surface area contributed by atoms with E-state index in [1.165, 1.54) is 0 Å². The van der Waals surface area contributed by atoms with Gasteiger partial charge >= 0.3 is 0 Å². The molecule has 0 unspecified atom stereocenters. The van der Waals surface area contributed by atoms with Crippen LogP contribution in [0.2, 0.25) is 0 Å². The van der Waals surface area contributed by atoms with Gasteiger partial charge in [0.25, 0.3) is 0 Å². The van der Waals surface area contributed by atoms with Crippen LogP contribution in [0.5, 0.6) is 5.75 Å². The summed E-state index contributed by atoms with van der Waals surface area (Å²) in [5.41, 5.74) is 14.2. The molecule has 4 aromatic rings. The fraction of sp³-hybridized carbons (Fsp3) is 0.316. The summed E-state index contributed by atoms with van der Waals surface area (Å²) in [4.78, 5) is 17.8. The summed E-state index contributed by atoms with van der Waals surface area (Å²) in [7, 11) is 1.62. The van der Waals surface area contributed by atoms with Crippen molar-refractivity contribution in [2.24, 2.45) is 5.73 Å². The molecule has 0 amide bonds. The molecular formula is C19H20N8O. The number of benzene rings is 1. The molecule has 142 valence electrons. The molecule has 3 heterocycles. The molecule has 0 bridgehead atoms. The minimum Gasteiger partial charge on any atom is -0.494 e. The number of para-hydroxylation sites is 1. The highest BCUT2D eigenvalue weighted by atomic mass is 16.5. The number of aromatic nitrogens is 6. The van der Waals surface area contributed by atoms with Gasteiger partial charge in [0.1, 0.15) is 17.1 Å². The van der Waals surface area contributed by atoms with Crippen molar-refractivity contribution >= 4 is 22.5 Å². The zero-order valence-corrected chi connectivity index (χ0v) is 15.4. The lowest BCUT2D eigenvalue weighted by Crippen LogP contribution is -2.22. The fourth-order valence-corrected chi connectivity index (χ4v) is 3.76. The number of nitrogens with zero attached hydrogens (tertiary/aromatic N) is 6. The van der Waals surface area contributed by atoms with Crippen LogP contribution in [-0.2, 0) is 6.54 Å². The number of hydrogen-bond acceptors (Lipinski definition) is 8. The summed E-state index contributed by atoms with van der Waals surface area (Å²) < 4.78 is 7.02. The van der Waals surface area contributed by atoms with Crippen LogP contribution in [0.3, 0.4) is 0 Å². The van der Waals surface area contributed by atoms with Crippen molar-refractivity contribution in [3.63, 3.8) is 0 Å². The minimum atomic E-state index is 0.277. The highest BCUT2D eigenvalue weighted by Crippen LogP contribution is 2.46. The van der Waals surface area contributed by atoms with E-state index in [2.05, 4.69) is 20.1 Å². The summed E-state index contributed by atoms with van der Waals surface area (Å²) in [6.07, 6.45) is 5.65. The second kappa shape index (κ2) is 6.38. The van der Waals surface area contributed by atoms with E-state index in [-0.39, 0.29) is 5.92 Å². The van der Waals surface area contributed by atoms with E-state index < -0.39 is 0 Å². The molecule has 0 spiro atoms. The molecule has 1 fully saturated rings. The minimum absolute atomic E-state index is 0.277. The van der Waals surface area contributed by atoms with E-state index in [1.54, 1.807) is 11.6 Å². The van der Waals surface area contributed by atoms with E-state index in [4.69, 9.17) is 21.2 Å². The fourth-order valence-electron chi connectivity index (χ4n) is 3.76. The predicted molar refractivity (Wildman–Crippen MR) is 104 cm³/mol.